The molecule has 0 aliphatic rings. The van der Waals surface area contributed by atoms with Gasteiger partial charge < -0.3 is 4.42 Å². The Morgan fingerprint density at radius 3 is 2.68 bits per heavy atom. The minimum absolute atomic E-state index is 0.0287. The Balaban J connectivity index is 1.48. The minimum Gasteiger partial charge on any atom is -0.466 e. The predicted molar refractivity (Wildman–Crippen MR) is 122 cm³/mol. The van der Waals surface area contributed by atoms with Crippen LogP contribution in [0.25, 0.3) is 11.3 Å². The third-order valence-electron chi connectivity index (χ3n) is 4.46. The molecule has 0 fully saturated rings. The third-order valence-corrected chi connectivity index (χ3v) is 7.50. The number of aromatic nitrogens is 1. The molecule has 3 aromatic heterocycles. The summed E-state index contributed by atoms with van der Waals surface area (Å²) in [7, 11) is -3.75. The number of thiazole rings is 1. The van der Waals surface area contributed by atoms with Gasteiger partial charge in [0, 0.05) is 27.9 Å². The second kappa shape index (κ2) is 8.75. The first-order valence-corrected chi connectivity index (χ1v) is 12.5. The van der Waals surface area contributed by atoms with Gasteiger partial charge in [0.2, 0.25) is 10.0 Å². The quantitative estimate of drug-likeness (QED) is 0.401. The Bertz CT molecular complexity index is 1320. The zero-order valence-corrected chi connectivity index (χ0v) is 19.2. The lowest BCUT2D eigenvalue weighted by Crippen LogP contribution is -2.23. The molecule has 0 spiro atoms. The van der Waals surface area contributed by atoms with E-state index in [-0.39, 0.29) is 17.0 Å². The van der Waals surface area contributed by atoms with Crippen LogP contribution >= 0.6 is 22.7 Å². The number of carbonyl (C=O) groups excluding carboxylic acids is 1. The zero-order chi connectivity index (χ0) is 22.0. The number of thiophene rings is 1. The molecule has 7 nitrogen and oxygen atoms in total. The molecule has 4 aromatic rings. The smallest absolute Gasteiger partial charge is 0.257 e. The summed E-state index contributed by atoms with van der Waals surface area (Å²) < 4.78 is 33.3. The van der Waals surface area contributed by atoms with Gasteiger partial charge in [-0.05, 0) is 49.6 Å². The minimum atomic E-state index is -3.75. The van der Waals surface area contributed by atoms with Crippen LogP contribution in [0.15, 0.2) is 62.5 Å². The Morgan fingerprint density at radius 2 is 1.97 bits per heavy atom. The standard InChI is InChI=1S/C21H19N3O4S3/c1-13-9-18(14(2)28-13)19-12-30-21(23-19)24-20(25)15-5-3-7-17(10-15)31(26,27)22-11-16-6-4-8-29-16/h3-10,12,22H,11H2,1-2H3,(H,23,24,25). The van der Waals surface area contributed by atoms with Crippen molar-refractivity contribution in [2.24, 2.45) is 0 Å². The van der Waals surface area contributed by atoms with Crippen molar-refractivity contribution in [3.05, 3.63) is 75.2 Å². The first kappa shape index (κ1) is 21.4. The highest BCUT2D eigenvalue weighted by atomic mass is 32.2. The SMILES string of the molecule is Cc1cc(-c2csc(NC(=O)c3cccc(S(=O)(=O)NCc4cccs4)c3)n2)c(C)o1. The monoisotopic (exact) mass is 473 g/mol. The summed E-state index contributed by atoms with van der Waals surface area (Å²) in [6.45, 7) is 3.92. The van der Waals surface area contributed by atoms with E-state index >= 15 is 0 Å². The molecule has 0 aliphatic carbocycles. The van der Waals surface area contributed by atoms with E-state index in [2.05, 4.69) is 15.0 Å². The van der Waals surface area contributed by atoms with Gasteiger partial charge in [-0.1, -0.05) is 12.1 Å². The number of carbonyl (C=O) groups is 1. The fourth-order valence-electron chi connectivity index (χ4n) is 2.98. The largest absolute Gasteiger partial charge is 0.466 e. The van der Waals surface area contributed by atoms with Gasteiger partial charge in [-0.2, -0.15) is 0 Å². The van der Waals surface area contributed by atoms with Crippen LogP contribution in [0.4, 0.5) is 5.13 Å². The molecular weight excluding hydrogens is 454 g/mol. The van der Waals surface area contributed by atoms with E-state index in [4.69, 9.17) is 4.42 Å². The van der Waals surface area contributed by atoms with E-state index in [1.165, 1.54) is 34.8 Å². The number of sulfonamides is 1. The number of hydrogen-bond acceptors (Lipinski definition) is 7. The number of rotatable bonds is 7. The van der Waals surface area contributed by atoms with Crippen molar-refractivity contribution >= 4 is 43.7 Å². The number of furan rings is 1. The van der Waals surface area contributed by atoms with E-state index in [9.17, 15) is 13.2 Å². The molecular formula is C21H19N3O4S3. The van der Waals surface area contributed by atoms with E-state index < -0.39 is 15.9 Å². The maximum absolute atomic E-state index is 12.7. The molecule has 1 aromatic carbocycles. The molecule has 0 radical (unpaired) electrons. The van der Waals surface area contributed by atoms with Gasteiger partial charge >= 0.3 is 0 Å². The van der Waals surface area contributed by atoms with Crippen LogP contribution in [-0.4, -0.2) is 19.3 Å². The van der Waals surface area contributed by atoms with Crippen LogP contribution in [0.5, 0.6) is 0 Å². The molecule has 0 bridgehead atoms. The Morgan fingerprint density at radius 1 is 1.13 bits per heavy atom. The Labute approximate surface area is 187 Å². The lowest BCUT2D eigenvalue weighted by molar-refractivity contribution is 0.102. The molecule has 0 aliphatic heterocycles. The van der Waals surface area contributed by atoms with Crippen LogP contribution < -0.4 is 10.0 Å². The van der Waals surface area contributed by atoms with Gasteiger partial charge in [-0.3, -0.25) is 10.1 Å². The number of benzene rings is 1. The van der Waals surface area contributed by atoms with Gasteiger partial charge in [0.05, 0.1) is 10.6 Å². The normalized spacial score (nSPS) is 11.5. The highest BCUT2D eigenvalue weighted by molar-refractivity contribution is 7.89. The third kappa shape index (κ3) is 4.93. The number of nitrogens with zero attached hydrogens (tertiary/aromatic N) is 1. The number of nitrogens with one attached hydrogen (secondary N) is 2. The first-order chi connectivity index (χ1) is 14.8. The summed E-state index contributed by atoms with van der Waals surface area (Å²) in [5.41, 5.74) is 1.81. The van der Waals surface area contributed by atoms with Crippen molar-refractivity contribution in [2.45, 2.75) is 25.3 Å². The van der Waals surface area contributed by atoms with Crippen molar-refractivity contribution in [1.29, 1.82) is 0 Å². The van der Waals surface area contributed by atoms with Gasteiger partial charge in [0.1, 0.15) is 11.5 Å². The summed E-state index contributed by atoms with van der Waals surface area (Å²) in [6, 6.07) is 11.5. The molecule has 1 amide bonds. The van der Waals surface area contributed by atoms with Crippen molar-refractivity contribution in [3.8, 4) is 11.3 Å². The molecule has 0 saturated carbocycles. The number of hydrogen-bond donors (Lipinski definition) is 2. The van der Waals surface area contributed by atoms with E-state index in [0.29, 0.717) is 10.8 Å². The average molecular weight is 474 g/mol. The maximum atomic E-state index is 12.7. The van der Waals surface area contributed by atoms with Crippen LogP contribution in [-0.2, 0) is 16.6 Å². The van der Waals surface area contributed by atoms with Crippen molar-refractivity contribution in [1.82, 2.24) is 9.71 Å². The van der Waals surface area contributed by atoms with Crippen molar-refractivity contribution in [3.63, 3.8) is 0 Å². The molecule has 160 valence electrons. The summed E-state index contributed by atoms with van der Waals surface area (Å²) >= 11 is 2.76. The van der Waals surface area contributed by atoms with E-state index in [0.717, 1.165) is 22.0 Å². The maximum Gasteiger partial charge on any atom is 0.257 e. The van der Waals surface area contributed by atoms with Crippen LogP contribution in [0.2, 0.25) is 0 Å². The highest BCUT2D eigenvalue weighted by Gasteiger charge is 2.18. The Kier molecular flexibility index (Phi) is 6.05. The van der Waals surface area contributed by atoms with Gasteiger partial charge in [0.25, 0.3) is 5.91 Å². The summed E-state index contributed by atoms with van der Waals surface area (Å²) in [5, 5.41) is 6.87. The molecule has 4 rings (SSSR count). The molecule has 31 heavy (non-hydrogen) atoms. The lowest BCUT2D eigenvalue weighted by Gasteiger charge is -2.08. The fraction of sp³-hybridized carbons (Fsp3) is 0.143. The first-order valence-electron chi connectivity index (χ1n) is 9.28. The topological polar surface area (TPSA) is 101 Å². The zero-order valence-electron chi connectivity index (χ0n) is 16.7. The summed E-state index contributed by atoms with van der Waals surface area (Å²) in [4.78, 5) is 18.1. The average Bonchev–Trinajstić information content (AvgIpc) is 3.48. The fourth-order valence-corrected chi connectivity index (χ4v) is 5.47. The molecule has 0 atom stereocenters. The van der Waals surface area contributed by atoms with E-state index in [1.54, 1.807) is 12.1 Å². The predicted octanol–water partition coefficient (Wildman–Crippen LogP) is 4.81. The van der Waals surface area contributed by atoms with Gasteiger partial charge in [-0.15, -0.1) is 22.7 Å². The Hall–Kier alpha value is -2.79. The molecule has 2 N–H and O–H groups in total. The molecule has 3 heterocycles. The second-order valence-electron chi connectivity index (χ2n) is 6.75. The van der Waals surface area contributed by atoms with E-state index in [1.807, 2.05) is 42.8 Å². The van der Waals surface area contributed by atoms with Crippen molar-refractivity contribution in [2.75, 3.05) is 5.32 Å². The van der Waals surface area contributed by atoms with Crippen LogP contribution in [0.1, 0.15) is 26.8 Å². The lowest BCUT2D eigenvalue weighted by atomic mass is 10.2. The summed E-state index contributed by atoms with van der Waals surface area (Å²) in [5.74, 6) is 1.11. The molecule has 10 heteroatoms. The highest BCUT2D eigenvalue weighted by Crippen LogP contribution is 2.29. The molecule has 0 unspecified atom stereocenters. The van der Waals surface area contributed by atoms with Gasteiger partial charge in [-0.25, -0.2) is 18.1 Å². The van der Waals surface area contributed by atoms with Gasteiger partial charge in [0.15, 0.2) is 5.13 Å². The number of anilines is 1. The van der Waals surface area contributed by atoms with Crippen LogP contribution in [0.3, 0.4) is 0 Å². The van der Waals surface area contributed by atoms with Crippen molar-refractivity contribution < 1.29 is 17.6 Å². The number of aryl methyl sites for hydroxylation is 2. The second-order valence-corrected chi connectivity index (χ2v) is 10.4. The molecule has 0 saturated heterocycles. The summed E-state index contributed by atoms with van der Waals surface area (Å²) in [6.07, 6.45) is 0. The van der Waals surface area contributed by atoms with Crippen LogP contribution in [0, 0.1) is 13.8 Å². The number of amides is 1.